The summed E-state index contributed by atoms with van der Waals surface area (Å²) in [5.41, 5.74) is 6.38. The average Bonchev–Trinajstić information content (AvgIpc) is 2.74. The molecular weight excluding hydrogens is 382 g/mol. The number of benzene rings is 2. The van der Waals surface area contributed by atoms with E-state index in [-0.39, 0.29) is 0 Å². The number of aliphatic imine (C=N–C) groups is 4. The van der Waals surface area contributed by atoms with Gasteiger partial charge in [0.15, 0.2) is 5.84 Å². The molecule has 31 heavy (non-hydrogen) atoms. The van der Waals surface area contributed by atoms with Crippen molar-refractivity contribution in [2.45, 2.75) is 34.6 Å². The smallest absolute Gasteiger partial charge is 0.153 e. The molecule has 5 heteroatoms. The van der Waals surface area contributed by atoms with Crippen molar-refractivity contribution in [2.75, 3.05) is 11.9 Å². The van der Waals surface area contributed by atoms with Gasteiger partial charge in [0, 0.05) is 31.2 Å². The Morgan fingerprint density at radius 1 is 1.00 bits per heavy atom. The van der Waals surface area contributed by atoms with Gasteiger partial charge in [-0.15, -0.1) is 0 Å². The number of anilines is 1. The third-order valence-electron chi connectivity index (χ3n) is 4.86. The first-order chi connectivity index (χ1) is 14.8. The van der Waals surface area contributed by atoms with E-state index in [1.54, 1.807) is 25.7 Å². The Labute approximate surface area is 186 Å². The van der Waals surface area contributed by atoms with E-state index in [1.165, 1.54) is 0 Å². The summed E-state index contributed by atoms with van der Waals surface area (Å²) >= 11 is 0. The Hall–Kier alpha value is -3.60. The quantitative estimate of drug-likeness (QED) is 0.421. The first-order valence-electron chi connectivity index (χ1n) is 10.1. The van der Waals surface area contributed by atoms with Crippen molar-refractivity contribution in [2.24, 2.45) is 20.0 Å². The monoisotopic (exact) mass is 413 g/mol. The maximum atomic E-state index is 4.59. The highest BCUT2D eigenvalue weighted by Crippen LogP contribution is 2.25. The molecule has 5 nitrogen and oxygen atoms in total. The molecule has 0 atom stereocenters. The number of rotatable bonds is 6. The van der Waals surface area contributed by atoms with E-state index in [0.29, 0.717) is 11.7 Å². The molecule has 0 bridgehead atoms. The molecule has 0 amide bonds. The molecular formula is C26H31N5. The lowest BCUT2D eigenvalue weighted by Gasteiger charge is -2.23. The van der Waals surface area contributed by atoms with E-state index in [1.807, 2.05) is 49.9 Å². The zero-order chi connectivity index (χ0) is 23.0. The van der Waals surface area contributed by atoms with Gasteiger partial charge in [-0.05, 0) is 62.9 Å². The predicted molar refractivity (Wildman–Crippen MR) is 136 cm³/mol. The number of nitrogens with zero attached hydrogens (tertiary/aromatic N) is 5. The molecule has 2 aromatic carbocycles. The van der Waals surface area contributed by atoms with E-state index < -0.39 is 0 Å². The Balaban J connectivity index is 2.30. The summed E-state index contributed by atoms with van der Waals surface area (Å²) in [7, 11) is 1.73. The SMILES string of the molecule is C=CN(/C(C)=N/C(=C)/N=C\c1cc(C(/N=C\C)=N/C)ccc1C)c1c(C)cccc1C. The van der Waals surface area contributed by atoms with Crippen LogP contribution in [0.15, 0.2) is 81.5 Å². The van der Waals surface area contributed by atoms with E-state index in [4.69, 9.17) is 0 Å². The van der Waals surface area contributed by atoms with Gasteiger partial charge >= 0.3 is 0 Å². The molecule has 0 unspecified atom stereocenters. The minimum atomic E-state index is 0.413. The van der Waals surface area contributed by atoms with Crippen LogP contribution in [0.25, 0.3) is 0 Å². The lowest BCUT2D eigenvalue weighted by Crippen LogP contribution is -2.23. The Kier molecular flexibility index (Phi) is 8.38. The van der Waals surface area contributed by atoms with Gasteiger partial charge in [0.1, 0.15) is 11.7 Å². The lowest BCUT2D eigenvalue weighted by atomic mass is 10.1. The molecule has 0 aromatic heterocycles. The van der Waals surface area contributed by atoms with Crippen LogP contribution < -0.4 is 4.90 Å². The van der Waals surface area contributed by atoms with Crippen LogP contribution in [0, 0.1) is 20.8 Å². The number of aryl methyl sites for hydroxylation is 3. The molecule has 160 valence electrons. The van der Waals surface area contributed by atoms with Crippen LogP contribution in [-0.2, 0) is 0 Å². The van der Waals surface area contributed by atoms with Gasteiger partial charge in [-0.2, -0.15) is 0 Å². The van der Waals surface area contributed by atoms with Gasteiger partial charge in [0.2, 0.25) is 0 Å². The van der Waals surface area contributed by atoms with Crippen LogP contribution in [0.3, 0.4) is 0 Å². The summed E-state index contributed by atoms with van der Waals surface area (Å²) in [5.74, 6) is 1.84. The van der Waals surface area contributed by atoms with Crippen molar-refractivity contribution >= 4 is 29.8 Å². The molecule has 0 aliphatic heterocycles. The average molecular weight is 414 g/mol. The maximum absolute atomic E-state index is 4.59. The third-order valence-corrected chi connectivity index (χ3v) is 4.86. The Morgan fingerprint density at radius 2 is 1.68 bits per heavy atom. The topological polar surface area (TPSA) is 52.7 Å². The van der Waals surface area contributed by atoms with Crippen molar-refractivity contribution in [3.8, 4) is 0 Å². The van der Waals surface area contributed by atoms with Crippen LogP contribution in [-0.4, -0.2) is 31.1 Å². The molecule has 0 radical (unpaired) electrons. The minimum absolute atomic E-state index is 0.413. The standard InChI is InChI=1S/C26H31N5/c1-9-28-26(27-8)23-15-14-18(3)24(16-23)17-29-21(6)30-22(7)31(10-2)25-19(4)12-11-13-20(25)5/h9-17H,2,6H2,1,3-5,7-8H3/b27-26-,28-9-,29-17-,30-22+. The molecule has 0 aliphatic carbocycles. The van der Waals surface area contributed by atoms with Crippen LogP contribution >= 0.6 is 0 Å². The molecule has 0 saturated carbocycles. The summed E-state index contributed by atoms with van der Waals surface area (Å²) in [6.07, 6.45) is 5.27. The second-order valence-electron chi connectivity index (χ2n) is 7.13. The van der Waals surface area contributed by atoms with Crippen LogP contribution in [0.1, 0.15) is 41.7 Å². The van der Waals surface area contributed by atoms with E-state index in [2.05, 4.69) is 59.1 Å². The predicted octanol–water partition coefficient (Wildman–Crippen LogP) is 6.04. The van der Waals surface area contributed by atoms with Gasteiger partial charge in [0.25, 0.3) is 0 Å². The normalized spacial score (nSPS) is 12.6. The van der Waals surface area contributed by atoms with Crippen LogP contribution in [0.2, 0.25) is 0 Å². The highest BCUT2D eigenvalue weighted by molar-refractivity contribution is 6.04. The van der Waals surface area contributed by atoms with E-state index >= 15 is 0 Å². The summed E-state index contributed by atoms with van der Waals surface area (Å²) in [6, 6.07) is 12.2. The fourth-order valence-electron chi connectivity index (χ4n) is 3.29. The highest BCUT2D eigenvalue weighted by atomic mass is 15.2. The second-order valence-corrected chi connectivity index (χ2v) is 7.13. The number of amidine groups is 2. The zero-order valence-electron chi connectivity index (χ0n) is 19.3. The summed E-state index contributed by atoms with van der Waals surface area (Å²) in [4.78, 5) is 19.6. The zero-order valence-corrected chi connectivity index (χ0v) is 19.3. The van der Waals surface area contributed by atoms with E-state index in [0.717, 1.165) is 39.3 Å². The Bertz CT molecular complexity index is 1070. The first kappa shape index (κ1) is 23.7. The molecule has 0 fully saturated rings. The fraction of sp³-hybridized carbons (Fsp3) is 0.231. The molecule has 0 heterocycles. The molecule has 2 aromatic rings. The van der Waals surface area contributed by atoms with Gasteiger partial charge in [-0.1, -0.05) is 43.5 Å². The Morgan fingerprint density at radius 3 is 2.26 bits per heavy atom. The van der Waals surface area contributed by atoms with Crippen molar-refractivity contribution in [1.82, 2.24) is 0 Å². The molecule has 0 spiro atoms. The lowest BCUT2D eigenvalue weighted by molar-refractivity contribution is 1.19. The largest absolute Gasteiger partial charge is 0.306 e. The highest BCUT2D eigenvalue weighted by Gasteiger charge is 2.12. The van der Waals surface area contributed by atoms with Crippen LogP contribution in [0.5, 0.6) is 0 Å². The molecule has 0 N–H and O–H groups in total. The van der Waals surface area contributed by atoms with Crippen molar-refractivity contribution in [1.29, 1.82) is 0 Å². The number of hydrogen-bond acceptors (Lipinski definition) is 3. The van der Waals surface area contributed by atoms with Gasteiger partial charge < -0.3 is 4.90 Å². The maximum Gasteiger partial charge on any atom is 0.153 e. The van der Waals surface area contributed by atoms with Crippen LogP contribution in [0.4, 0.5) is 5.69 Å². The van der Waals surface area contributed by atoms with Gasteiger partial charge in [0.05, 0.1) is 5.69 Å². The summed E-state index contributed by atoms with van der Waals surface area (Å²) in [5, 5.41) is 0. The summed E-state index contributed by atoms with van der Waals surface area (Å²) < 4.78 is 0. The molecule has 0 aliphatic rings. The molecule has 0 saturated heterocycles. The van der Waals surface area contributed by atoms with Crippen molar-refractivity contribution in [3.63, 3.8) is 0 Å². The first-order valence-corrected chi connectivity index (χ1v) is 10.1. The third kappa shape index (κ3) is 5.95. The number of hydrogen-bond donors (Lipinski definition) is 0. The minimum Gasteiger partial charge on any atom is -0.306 e. The van der Waals surface area contributed by atoms with E-state index in [9.17, 15) is 0 Å². The van der Waals surface area contributed by atoms with Crippen molar-refractivity contribution in [3.05, 3.63) is 89.4 Å². The molecule has 2 rings (SSSR count). The van der Waals surface area contributed by atoms with Crippen molar-refractivity contribution < 1.29 is 0 Å². The number of para-hydroxylation sites is 1. The fourth-order valence-corrected chi connectivity index (χ4v) is 3.29. The summed E-state index contributed by atoms with van der Waals surface area (Å²) in [6.45, 7) is 17.9. The second kappa shape index (κ2) is 11.0. The van der Waals surface area contributed by atoms with Gasteiger partial charge in [-0.25, -0.2) is 15.0 Å². The van der Waals surface area contributed by atoms with Gasteiger partial charge in [-0.3, -0.25) is 4.99 Å².